The third-order valence-corrected chi connectivity index (χ3v) is 10.9. The number of ether oxygens (including phenoxy) is 1. The number of carbonyl (C=O) groups is 3. The number of nitrogens with one attached hydrogen (secondary N) is 1. The van der Waals surface area contributed by atoms with Crippen molar-refractivity contribution >= 4 is 38.0 Å². The summed E-state index contributed by atoms with van der Waals surface area (Å²) in [7, 11) is -2.58. The van der Waals surface area contributed by atoms with Gasteiger partial charge in [-0.05, 0) is 36.2 Å². The third kappa shape index (κ3) is 6.24. The molecule has 1 aliphatic rings. The SMILES string of the molecule is Cc1cccc2c1C(=O)OCC(N(O[Si](C)(C)C(C)(C)C)C(=O)O)C(=O)NCCSC2. The van der Waals surface area contributed by atoms with Crippen LogP contribution in [0.4, 0.5) is 4.79 Å². The number of esters is 1. The monoisotopic (exact) mass is 468 g/mol. The van der Waals surface area contributed by atoms with Gasteiger partial charge in [-0.2, -0.15) is 16.8 Å². The van der Waals surface area contributed by atoms with E-state index in [2.05, 4.69) is 5.32 Å². The summed E-state index contributed by atoms with van der Waals surface area (Å²) in [5.41, 5.74) is 2.08. The number of hydrogen-bond donors (Lipinski definition) is 2. The van der Waals surface area contributed by atoms with E-state index in [1.165, 1.54) is 0 Å². The molecule has 0 spiro atoms. The lowest BCUT2D eigenvalue weighted by molar-refractivity contribution is -0.144. The van der Waals surface area contributed by atoms with Crippen molar-refractivity contribution in [1.29, 1.82) is 0 Å². The van der Waals surface area contributed by atoms with Crippen molar-refractivity contribution < 1.29 is 28.8 Å². The normalized spacial score (nSPS) is 18.7. The van der Waals surface area contributed by atoms with Crippen molar-refractivity contribution in [2.45, 2.75) is 57.6 Å². The summed E-state index contributed by atoms with van der Waals surface area (Å²) in [6, 6.07) is 4.28. The van der Waals surface area contributed by atoms with Gasteiger partial charge in [-0.15, -0.1) is 0 Å². The van der Waals surface area contributed by atoms with E-state index in [1.54, 1.807) is 11.8 Å². The van der Waals surface area contributed by atoms with Crippen LogP contribution in [0.3, 0.4) is 0 Å². The average Bonchev–Trinajstić information content (AvgIpc) is 2.64. The fourth-order valence-corrected chi connectivity index (χ4v) is 4.60. The molecule has 0 saturated heterocycles. The molecule has 0 aliphatic carbocycles. The van der Waals surface area contributed by atoms with Gasteiger partial charge in [0, 0.05) is 18.1 Å². The molecule has 1 atom stereocenters. The Kier molecular flexibility index (Phi) is 8.18. The molecule has 1 aromatic carbocycles. The van der Waals surface area contributed by atoms with Crippen LogP contribution in [-0.2, 0) is 19.8 Å². The van der Waals surface area contributed by atoms with Gasteiger partial charge in [-0.3, -0.25) is 4.79 Å². The number of rotatable bonds is 3. The molecule has 1 unspecified atom stereocenters. The number of carboxylic acid groups (broad SMARTS) is 1. The molecule has 10 heteroatoms. The van der Waals surface area contributed by atoms with Gasteiger partial charge in [0.05, 0.1) is 5.56 Å². The summed E-state index contributed by atoms with van der Waals surface area (Å²) in [6.07, 6.45) is -1.40. The van der Waals surface area contributed by atoms with Gasteiger partial charge >= 0.3 is 12.1 Å². The molecule has 31 heavy (non-hydrogen) atoms. The Morgan fingerprint density at radius 2 is 2.00 bits per heavy atom. The van der Waals surface area contributed by atoms with E-state index in [4.69, 9.17) is 9.26 Å². The van der Waals surface area contributed by atoms with Gasteiger partial charge in [0.2, 0.25) is 14.2 Å². The number of benzene rings is 1. The van der Waals surface area contributed by atoms with Crippen LogP contribution in [0, 0.1) is 6.92 Å². The van der Waals surface area contributed by atoms with Crippen LogP contribution >= 0.6 is 11.8 Å². The Morgan fingerprint density at radius 1 is 1.32 bits per heavy atom. The molecule has 1 aromatic rings. The molecule has 172 valence electrons. The van der Waals surface area contributed by atoms with Crippen molar-refractivity contribution in [3.8, 4) is 0 Å². The second-order valence-corrected chi connectivity index (χ2v) is 14.8. The molecule has 0 radical (unpaired) electrons. The van der Waals surface area contributed by atoms with Gasteiger partial charge in [0.25, 0.3) is 0 Å². The van der Waals surface area contributed by atoms with Crippen molar-refractivity contribution in [2.24, 2.45) is 0 Å². The molecule has 0 fully saturated rings. The molecule has 2 N–H and O–H groups in total. The van der Waals surface area contributed by atoms with E-state index in [9.17, 15) is 19.5 Å². The first-order valence-electron chi connectivity index (χ1n) is 10.2. The molecule has 0 bridgehead atoms. The molecule has 0 saturated carbocycles. The smallest absolute Gasteiger partial charge is 0.431 e. The quantitative estimate of drug-likeness (QED) is 0.395. The van der Waals surface area contributed by atoms with Crippen LogP contribution < -0.4 is 5.32 Å². The Labute approximate surface area is 188 Å². The first kappa shape index (κ1) is 25.2. The van der Waals surface area contributed by atoms with Crippen molar-refractivity contribution in [3.63, 3.8) is 0 Å². The highest BCUT2D eigenvalue weighted by atomic mass is 32.2. The zero-order valence-corrected chi connectivity index (χ0v) is 20.8. The Morgan fingerprint density at radius 3 is 2.61 bits per heavy atom. The fourth-order valence-electron chi connectivity index (χ4n) is 2.78. The average molecular weight is 469 g/mol. The van der Waals surface area contributed by atoms with Crippen LogP contribution in [0.2, 0.25) is 18.1 Å². The molecule has 1 aliphatic heterocycles. The topological polar surface area (TPSA) is 105 Å². The number of hydroxylamine groups is 2. The summed E-state index contributed by atoms with van der Waals surface area (Å²) >= 11 is 1.58. The lowest BCUT2D eigenvalue weighted by Crippen LogP contribution is -2.57. The number of cyclic esters (lactones) is 1. The highest BCUT2D eigenvalue weighted by Crippen LogP contribution is 2.37. The number of fused-ring (bicyclic) bond motifs is 1. The Balaban J connectivity index is 2.37. The van der Waals surface area contributed by atoms with E-state index in [0.29, 0.717) is 28.7 Å². The van der Waals surface area contributed by atoms with Gasteiger partial charge in [-0.25, -0.2) is 9.59 Å². The first-order chi connectivity index (χ1) is 14.3. The number of thioether (sulfide) groups is 1. The lowest BCUT2D eigenvalue weighted by Gasteiger charge is -2.40. The molecule has 0 aromatic heterocycles. The van der Waals surface area contributed by atoms with E-state index in [-0.39, 0.29) is 5.04 Å². The zero-order chi connectivity index (χ0) is 23.4. The number of amides is 2. The molecule has 2 rings (SSSR count). The second kappa shape index (κ2) is 10.1. The molecule has 2 amide bonds. The summed E-state index contributed by atoms with van der Waals surface area (Å²) in [5.74, 6) is 0.0999. The van der Waals surface area contributed by atoms with Crippen LogP contribution in [-0.4, -0.2) is 61.4 Å². The van der Waals surface area contributed by atoms with Gasteiger partial charge < -0.3 is 19.7 Å². The molecular formula is C21H32N2O6SSi. The largest absolute Gasteiger partial charge is 0.463 e. The van der Waals surface area contributed by atoms with Crippen molar-refractivity contribution in [3.05, 3.63) is 34.9 Å². The van der Waals surface area contributed by atoms with Crippen LogP contribution in [0.15, 0.2) is 18.2 Å². The van der Waals surface area contributed by atoms with E-state index < -0.39 is 38.9 Å². The third-order valence-electron chi connectivity index (χ3n) is 5.65. The predicted molar refractivity (Wildman–Crippen MR) is 123 cm³/mol. The van der Waals surface area contributed by atoms with Crippen LogP contribution in [0.25, 0.3) is 0 Å². The van der Waals surface area contributed by atoms with Crippen molar-refractivity contribution in [2.75, 3.05) is 18.9 Å². The maximum Gasteiger partial charge on any atom is 0.431 e. The summed E-state index contributed by atoms with van der Waals surface area (Å²) in [5, 5.41) is 12.9. The minimum atomic E-state index is -2.58. The number of nitrogens with zero attached hydrogens (tertiary/aromatic N) is 1. The summed E-state index contributed by atoms with van der Waals surface area (Å²) in [4.78, 5) is 37.8. The molecular weight excluding hydrogens is 436 g/mol. The standard InChI is InChI=1S/C21H32N2O6SSi/c1-14-8-7-9-15-13-30-11-10-22-18(24)16(12-28-19(25)17(14)15)23(20(26)27)29-31(5,6)21(2,3)4/h7-9,16H,10-13H2,1-6H3,(H,22,24)(H,26,27). The van der Waals surface area contributed by atoms with Gasteiger partial charge in [0.1, 0.15) is 6.61 Å². The Bertz CT molecular complexity index is 840. The minimum absolute atomic E-state index is 0.286. The number of aryl methyl sites for hydroxylation is 1. The maximum atomic E-state index is 12.9. The zero-order valence-electron chi connectivity index (χ0n) is 19.0. The minimum Gasteiger partial charge on any atom is -0.463 e. The van der Waals surface area contributed by atoms with Crippen LogP contribution in [0.1, 0.15) is 42.3 Å². The first-order valence-corrected chi connectivity index (χ1v) is 14.2. The number of carbonyl (C=O) groups excluding carboxylic acids is 2. The van der Waals surface area contributed by atoms with Crippen molar-refractivity contribution in [1.82, 2.24) is 10.4 Å². The number of hydrogen-bond acceptors (Lipinski definition) is 6. The lowest BCUT2D eigenvalue weighted by atomic mass is 10.0. The van der Waals surface area contributed by atoms with Crippen LogP contribution in [0.5, 0.6) is 0 Å². The van der Waals surface area contributed by atoms with E-state index in [1.807, 2.05) is 59.0 Å². The molecule has 8 nitrogen and oxygen atoms in total. The second-order valence-electron chi connectivity index (χ2n) is 9.03. The Hall–Kier alpha value is -2.04. The van der Waals surface area contributed by atoms with Gasteiger partial charge in [0.15, 0.2) is 6.04 Å². The van der Waals surface area contributed by atoms with E-state index >= 15 is 0 Å². The van der Waals surface area contributed by atoms with E-state index in [0.717, 1.165) is 11.1 Å². The molecule has 1 heterocycles. The van der Waals surface area contributed by atoms with Gasteiger partial charge in [-0.1, -0.05) is 39.0 Å². The maximum absolute atomic E-state index is 12.9. The fraction of sp³-hybridized carbons (Fsp3) is 0.571. The highest BCUT2D eigenvalue weighted by molar-refractivity contribution is 7.98. The summed E-state index contributed by atoms with van der Waals surface area (Å²) < 4.78 is 11.4. The summed E-state index contributed by atoms with van der Waals surface area (Å²) in [6.45, 7) is 11.4. The predicted octanol–water partition coefficient (Wildman–Crippen LogP) is 3.80. The highest BCUT2D eigenvalue weighted by Gasteiger charge is 2.44.